The summed E-state index contributed by atoms with van der Waals surface area (Å²) in [4.78, 5) is 8.42. The minimum absolute atomic E-state index is 0.821. The summed E-state index contributed by atoms with van der Waals surface area (Å²) in [6.45, 7) is 9.40. The zero-order valence-corrected chi connectivity index (χ0v) is 13.3. The molecule has 0 fully saturated rings. The van der Waals surface area contributed by atoms with E-state index >= 15 is 0 Å². The highest BCUT2D eigenvalue weighted by Crippen LogP contribution is 2.19. The molecule has 0 spiro atoms. The summed E-state index contributed by atoms with van der Waals surface area (Å²) in [5.41, 5.74) is 9.02. The van der Waals surface area contributed by atoms with Crippen LogP contribution in [-0.4, -0.2) is 16.4 Å². The Morgan fingerprint density at radius 2 is 1.85 bits per heavy atom. The maximum absolute atomic E-state index is 5.74. The number of hydrogen-bond donors (Lipinski definition) is 1. The number of aromatic nitrogens is 1. The molecule has 20 heavy (non-hydrogen) atoms. The Kier molecular flexibility index (Phi) is 5.15. The van der Waals surface area contributed by atoms with Crippen LogP contribution in [0.1, 0.15) is 34.5 Å². The van der Waals surface area contributed by atoms with Gasteiger partial charge in [0.05, 0.1) is 12.2 Å². The van der Waals surface area contributed by atoms with Crippen LogP contribution < -0.4 is 5.73 Å². The van der Waals surface area contributed by atoms with Crippen molar-refractivity contribution in [3.05, 3.63) is 45.4 Å². The summed E-state index contributed by atoms with van der Waals surface area (Å²) in [5.74, 6) is 0. The molecule has 0 saturated heterocycles. The van der Waals surface area contributed by atoms with Crippen molar-refractivity contribution < 1.29 is 0 Å². The first kappa shape index (κ1) is 15.0. The molecule has 0 aliphatic heterocycles. The monoisotopic (exact) mass is 289 g/mol. The van der Waals surface area contributed by atoms with Crippen molar-refractivity contribution in [2.45, 2.75) is 40.3 Å². The van der Waals surface area contributed by atoms with Crippen LogP contribution >= 0.6 is 11.3 Å². The van der Waals surface area contributed by atoms with Gasteiger partial charge in [-0.15, -0.1) is 11.3 Å². The summed E-state index contributed by atoms with van der Waals surface area (Å²) >= 11 is 1.81. The van der Waals surface area contributed by atoms with Crippen LogP contribution in [0.25, 0.3) is 0 Å². The summed E-state index contributed by atoms with van der Waals surface area (Å²) in [5, 5.41) is 1.21. The lowest BCUT2D eigenvalue weighted by Gasteiger charge is -2.20. The second-order valence-electron chi connectivity index (χ2n) is 5.20. The second kappa shape index (κ2) is 6.86. The van der Waals surface area contributed by atoms with E-state index in [0.717, 1.165) is 37.4 Å². The fraction of sp³-hybridized carbons (Fsp3) is 0.438. The summed E-state index contributed by atoms with van der Waals surface area (Å²) in [7, 11) is 0. The van der Waals surface area contributed by atoms with Crippen LogP contribution in [-0.2, 0) is 13.1 Å². The first-order valence-electron chi connectivity index (χ1n) is 7.08. The number of nitrogens with two attached hydrogens (primary N) is 1. The third kappa shape index (κ3) is 4.05. The van der Waals surface area contributed by atoms with E-state index in [1.54, 1.807) is 0 Å². The Bertz CT molecular complexity index is 526. The highest BCUT2D eigenvalue weighted by Gasteiger charge is 2.10. The van der Waals surface area contributed by atoms with E-state index in [9.17, 15) is 0 Å². The number of aryl methyl sites for hydroxylation is 2. The molecule has 1 aromatic carbocycles. The number of nitrogens with zero attached hydrogens (tertiary/aromatic N) is 2. The van der Waals surface area contributed by atoms with Gasteiger partial charge in [-0.25, -0.2) is 4.98 Å². The van der Waals surface area contributed by atoms with E-state index in [1.807, 2.05) is 23.5 Å². The van der Waals surface area contributed by atoms with Crippen molar-refractivity contribution in [1.29, 1.82) is 0 Å². The van der Waals surface area contributed by atoms with Crippen LogP contribution in [0.4, 0.5) is 5.69 Å². The molecule has 0 aliphatic carbocycles. The highest BCUT2D eigenvalue weighted by atomic mass is 32.1. The molecule has 0 aliphatic rings. The van der Waals surface area contributed by atoms with E-state index in [0.29, 0.717) is 0 Å². The number of thiazole rings is 1. The number of hydrogen-bond acceptors (Lipinski definition) is 4. The molecule has 0 amide bonds. The van der Waals surface area contributed by atoms with Crippen molar-refractivity contribution in [3.8, 4) is 0 Å². The van der Waals surface area contributed by atoms with Gasteiger partial charge >= 0.3 is 0 Å². The van der Waals surface area contributed by atoms with Gasteiger partial charge in [-0.05, 0) is 44.5 Å². The molecule has 0 saturated carbocycles. The smallest absolute Gasteiger partial charge is 0.107 e. The SMILES string of the molecule is CCCN(Cc1ccc(N)cc1)Cc1nc(C)c(C)s1. The van der Waals surface area contributed by atoms with Gasteiger partial charge < -0.3 is 5.73 Å². The number of rotatable bonds is 6. The quantitative estimate of drug-likeness (QED) is 0.823. The van der Waals surface area contributed by atoms with Gasteiger partial charge in [-0.3, -0.25) is 4.90 Å². The van der Waals surface area contributed by atoms with Gasteiger partial charge in [0.25, 0.3) is 0 Å². The number of anilines is 1. The van der Waals surface area contributed by atoms with Crippen LogP contribution in [0.2, 0.25) is 0 Å². The normalized spacial score (nSPS) is 11.2. The molecule has 2 N–H and O–H groups in total. The summed E-state index contributed by atoms with van der Waals surface area (Å²) < 4.78 is 0. The van der Waals surface area contributed by atoms with Crippen molar-refractivity contribution in [2.75, 3.05) is 12.3 Å². The zero-order valence-electron chi connectivity index (χ0n) is 12.5. The first-order valence-corrected chi connectivity index (χ1v) is 7.89. The fourth-order valence-electron chi connectivity index (χ4n) is 2.21. The maximum atomic E-state index is 5.74. The maximum Gasteiger partial charge on any atom is 0.107 e. The molecule has 0 atom stereocenters. The van der Waals surface area contributed by atoms with Crippen molar-refractivity contribution in [2.24, 2.45) is 0 Å². The molecule has 3 nitrogen and oxygen atoms in total. The van der Waals surface area contributed by atoms with Crippen molar-refractivity contribution in [1.82, 2.24) is 9.88 Å². The molecule has 4 heteroatoms. The summed E-state index contributed by atoms with van der Waals surface area (Å²) in [6, 6.07) is 8.15. The second-order valence-corrected chi connectivity index (χ2v) is 6.49. The summed E-state index contributed by atoms with van der Waals surface area (Å²) in [6.07, 6.45) is 1.15. The Balaban J connectivity index is 2.04. The Morgan fingerprint density at radius 3 is 2.40 bits per heavy atom. The lowest BCUT2D eigenvalue weighted by atomic mass is 10.2. The molecule has 0 radical (unpaired) electrons. The van der Waals surface area contributed by atoms with Gasteiger partial charge in [0.1, 0.15) is 5.01 Å². The van der Waals surface area contributed by atoms with Crippen molar-refractivity contribution >= 4 is 17.0 Å². The van der Waals surface area contributed by atoms with E-state index in [1.165, 1.54) is 15.4 Å². The minimum Gasteiger partial charge on any atom is -0.399 e. The Morgan fingerprint density at radius 1 is 1.15 bits per heavy atom. The van der Waals surface area contributed by atoms with E-state index < -0.39 is 0 Å². The van der Waals surface area contributed by atoms with Gasteiger partial charge in [-0.2, -0.15) is 0 Å². The van der Waals surface area contributed by atoms with Crippen LogP contribution in [0, 0.1) is 13.8 Å². The minimum atomic E-state index is 0.821. The van der Waals surface area contributed by atoms with Gasteiger partial charge in [0.15, 0.2) is 0 Å². The third-order valence-electron chi connectivity index (χ3n) is 3.36. The Hall–Kier alpha value is -1.39. The third-order valence-corrected chi connectivity index (χ3v) is 4.42. The first-order chi connectivity index (χ1) is 9.58. The number of benzene rings is 1. The predicted molar refractivity (Wildman–Crippen MR) is 86.8 cm³/mol. The largest absolute Gasteiger partial charge is 0.399 e. The predicted octanol–water partition coefficient (Wildman–Crippen LogP) is 3.75. The topological polar surface area (TPSA) is 42.1 Å². The highest BCUT2D eigenvalue weighted by molar-refractivity contribution is 7.11. The number of nitrogen functional groups attached to an aromatic ring is 1. The van der Waals surface area contributed by atoms with Gasteiger partial charge in [-0.1, -0.05) is 19.1 Å². The van der Waals surface area contributed by atoms with Crippen LogP contribution in [0.15, 0.2) is 24.3 Å². The molecule has 108 valence electrons. The molecule has 2 rings (SSSR count). The standard InChI is InChI=1S/C16H23N3S/c1-4-9-19(10-14-5-7-15(17)8-6-14)11-16-18-12(2)13(3)20-16/h5-8H,4,9-11,17H2,1-3H3. The molecule has 0 bridgehead atoms. The lowest BCUT2D eigenvalue weighted by Crippen LogP contribution is -2.23. The molecular formula is C16H23N3S. The average molecular weight is 289 g/mol. The van der Waals surface area contributed by atoms with E-state index in [4.69, 9.17) is 5.73 Å². The molecule has 1 aromatic heterocycles. The fourth-order valence-corrected chi connectivity index (χ4v) is 3.19. The zero-order chi connectivity index (χ0) is 14.5. The molecular weight excluding hydrogens is 266 g/mol. The van der Waals surface area contributed by atoms with Crippen molar-refractivity contribution in [3.63, 3.8) is 0 Å². The lowest BCUT2D eigenvalue weighted by molar-refractivity contribution is 0.257. The average Bonchev–Trinajstić information content (AvgIpc) is 2.71. The van der Waals surface area contributed by atoms with Gasteiger partial charge in [0, 0.05) is 17.1 Å². The molecule has 1 heterocycles. The van der Waals surface area contributed by atoms with Crippen LogP contribution in [0.3, 0.4) is 0 Å². The van der Waals surface area contributed by atoms with E-state index in [-0.39, 0.29) is 0 Å². The van der Waals surface area contributed by atoms with Gasteiger partial charge in [0.2, 0.25) is 0 Å². The van der Waals surface area contributed by atoms with Crippen LogP contribution in [0.5, 0.6) is 0 Å². The Labute approximate surface area is 125 Å². The molecule has 0 unspecified atom stereocenters. The molecule has 2 aromatic rings. The van der Waals surface area contributed by atoms with E-state index in [2.05, 4.69) is 42.8 Å².